The van der Waals surface area contributed by atoms with Crippen LogP contribution in [0.2, 0.25) is 0 Å². The van der Waals surface area contributed by atoms with Crippen LogP contribution in [0.5, 0.6) is 0 Å². The normalized spacial score (nSPS) is 20.7. The molecule has 1 N–H and O–H groups in total. The Labute approximate surface area is 133 Å². The van der Waals surface area contributed by atoms with Gasteiger partial charge in [-0.3, -0.25) is 10.1 Å². The monoisotopic (exact) mass is 328 g/mol. The van der Waals surface area contributed by atoms with Crippen molar-refractivity contribution >= 4 is 28.3 Å². The molecule has 0 saturated carbocycles. The van der Waals surface area contributed by atoms with Crippen LogP contribution in [0.25, 0.3) is 0 Å². The Bertz CT molecular complexity index is 576. The summed E-state index contributed by atoms with van der Waals surface area (Å²) in [6.45, 7) is 9.01. The Morgan fingerprint density at radius 2 is 2.14 bits per heavy atom. The van der Waals surface area contributed by atoms with E-state index in [-0.39, 0.29) is 12.4 Å². The van der Waals surface area contributed by atoms with Gasteiger partial charge in [-0.05, 0) is 34.6 Å². The molecule has 1 aliphatic heterocycles. The Morgan fingerprint density at radius 1 is 1.45 bits per heavy atom. The van der Waals surface area contributed by atoms with Crippen LogP contribution >= 0.6 is 11.3 Å². The van der Waals surface area contributed by atoms with Gasteiger partial charge in [0.25, 0.3) is 0 Å². The standard InChI is InChI=1S/C14H20N2O5S/c1-13(2,3)21-12(18)16-11-15-6-9(22-11)10(17)8-7-19-14(4,5)20-8/h6,8H,7H2,1-5H3,(H,15,16,18). The first-order chi connectivity index (χ1) is 10.1. The molecule has 1 aromatic heterocycles. The van der Waals surface area contributed by atoms with Crippen molar-refractivity contribution in [2.75, 3.05) is 11.9 Å². The maximum Gasteiger partial charge on any atom is 0.413 e. The SMILES string of the molecule is CC(C)(C)OC(=O)Nc1ncc(C(=O)C2COC(C)(C)O2)s1. The second kappa shape index (κ2) is 5.94. The lowest BCUT2D eigenvalue weighted by atomic mass is 10.2. The maximum absolute atomic E-state index is 12.3. The summed E-state index contributed by atoms with van der Waals surface area (Å²) < 4.78 is 16.0. The second-order valence-corrected chi connectivity index (χ2v) is 7.37. The number of hydrogen-bond donors (Lipinski definition) is 1. The molecule has 0 spiro atoms. The van der Waals surface area contributed by atoms with Crippen molar-refractivity contribution in [3.05, 3.63) is 11.1 Å². The lowest BCUT2D eigenvalue weighted by Crippen LogP contribution is -2.27. The molecule has 0 bridgehead atoms. The molecule has 1 fully saturated rings. The predicted molar refractivity (Wildman–Crippen MR) is 81.2 cm³/mol. The molecule has 2 heterocycles. The number of amides is 1. The van der Waals surface area contributed by atoms with E-state index in [1.54, 1.807) is 34.6 Å². The quantitative estimate of drug-likeness (QED) is 0.859. The molecule has 1 aromatic rings. The van der Waals surface area contributed by atoms with Gasteiger partial charge in [-0.15, -0.1) is 0 Å². The van der Waals surface area contributed by atoms with Gasteiger partial charge < -0.3 is 14.2 Å². The molecule has 2 rings (SSSR count). The van der Waals surface area contributed by atoms with E-state index in [0.717, 1.165) is 11.3 Å². The van der Waals surface area contributed by atoms with Gasteiger partial charge in [-0.25, -0.2) is 9.78 Å². The van der Waals surface area contributed by atoms with E-state index >= 15 is 0 Å². The van der Waals surface area contributed by atoms with Gasteiger partial charge in [0.15, 0.2) is 10.9 Å². The molecule has 1 saturated heterocycles. The minimum absolute atomic E-state index is 0.207. The molecule has 7 nitrogen and oxygen atoms in total. The Balaban J connectivity index is 1.97. The van der Waals surface area contributed by atoms with Crippen LogP contribution in [0.15, 0.2) is 6.20 Å². The fourth-order valence-corrected chi connectivity index (χ4v) is 2.60. The van der Waals surface area contributed by atoms with Gasteiger partial charge in [0.05, 0.1) is 17.7 Å². The van der Waals surface area contributed by atoms with Gasteiger partial charge >= 0.3 is 6.09 Å². The highest BCUT2D eigenvalue weighted by atomic mass is 32.1. The number of ketones is 1. The van der Waals surface area contributed by atoms with Crippen LogP contribution in [0.4, 0.5) is 9.93 Å². The average molecular weight is 328 g/mol. The van der Waals surface area contributed by atoms with Crippen LogP contribution in [0, 0.1) is 0 Å². The first-order valence-electron chi connectivity index (χ1n) is 6.87. The zero-order valence-corrected chi connectivity index (χ0v) is 14.1. The van der Waals surface area contributed by atoms with Crippen molar-refractivity contribution in [3.63, 3.8) is 0 Å². The number of anilines is 1. The molecule has 0 aromatic carbocycles. The van der Waals surface area contributed by atoms with Crippen molar-refractivity contribution in [1.29, 1.82) is 0 Å². The number of nitrogens with zero attached hydrogens (tertiary/aromatic N) is 1. The zero-order valence-electron chi connectivity index (χ0n) is 13.3. The van der Waals surface area contributed by atoms with Crippen molar-refractivity contribution in [1.82, 2.24) is 4.98 Å². The van der Waals surface area contributed by atoms with E-state index in [0.29, 0.717) is 10.0 Å². The fourth-order valence-electron chi connectivity index (χ4n) is 1.81. The number of nitrogens with one attached hydrogen (secondary N) is 1. The Kier molecular flexibility index (Phi) is 4.55. The fraction of sp³-hybridized carbons (Fsp3) is 0.643. The summed E-state index contributed by atoms with van der Waals surface area (Å²) in [5.74, 6) is -0.969. The summed E-state index contributed by atoms with van der Waals surface area (Å²) in [7, 11) is 0. The summed E-state index contributed by atoms with van der Waals surface area (Å²) in [6.07, 6.45) is 0.154. The van der Waals surface area contributed by atoms with Crippen LogP contribution in [-0.2, 0) is 14.2 Å². The van der Waals surface area contributed by atoms with E-state index in [4.69, 9.17) is 14.2 Å². The lowest BCUT2D eigenvalue weighted by Gasteiger charge is -2.18. The van der Waals surface area contributed by atoms with Gasteiger partial charge in [0.1, 0.15) is 11.7 Å². The van der Waals surface area contributed by atoms with E-state index in [2.05, 4.69) is 10.3 Å². The van der Waals surface area contributed by atoms with Crippen LogP contribution in [-0.4, -0.2) is 41.0 Å². The first kappa shape index (κ1) is 16.9. The summed E-state index contributed by atoms with van der Waals surface area (Å²) >= 11 is 1.07. The third-order valence-electron chi connectivity index (χ3n) is 2.66. The summed E-state index contributed by atoms with van der Waals surface area (Å²) in [5.41, 5.74) is -0.597. The molecule has 1 aliphatic rings. The van der Waals surface area contributed by atoms with Gasteiger partial charge in [-0.2, -0.15) is 0 Å². The summed E-state index contributed by atoms with van der Waals surface area (Å²) in [4.78, 5) is 28.3. The molecular weight excluding hydrogens is 308 g/mol. The molecule has 122 valence electrons. The third kappa shape index (κ3) is 4.49. The number of ether oxygens (including phenoxy) is 3. The molecule has 22 heavy (non-hydrogen) atoms. The third-order valence-corrected chi connectivity index (χ3v) is 3.58. The van der Waals surface area contributed by atoms with Crippen molar-refractivity contribution in [2.45, 2.75) is 52.1 Å². The predicted octanol–water partition coefficient (Wildman–Crippen LogP) is 2.82. The largest absolute Gasteiger partial charge is 0.444 e. The molecular formula is C14H20N2O5S. The highest BCUT2D eigenvalue weighted by Crippen LogP contribution is 2.27. The molecule has 1 amide bonds. The van der Waals surface area contributed by atoms with Gasteiger partial charge in [0.2, 0.25) is 5.78 Å². The number of carbonyl (C=O) groups excluding carboxylic acids is 2. The lowest BCUT2D eigenvalue weighted by molar-refractivity contribution is -0.133. The van der Waals surface area contributed by atoms with Crippen molar-refractivity contribution in [2.24, 2.45) is 0 Å². The Morgan fingerprint density at radius 3 is 2.68 bits per heavy atom. The number of thiazole rings is 1. The summed E-state index contributed by atoms with van der Waals surface area (Å²) in [6, 6.07) is 0. The average Bonchev–Trinajstić information content (AvgIpc) is 2.92. The minimum Gasteiger partial charge on any atom is -0.444 e. The van der Waals surface area contributed by atoms with E-state index in [1.807, 2.05) is 0 Å². The van der Waals surface area contributed by atoms with Crippen molar-refractivity contribution < 1.29 is 23.8 Å². The topological polar surface area (TPSA) is 86.8 Å². The highest BCUT2D eigenvalue weighted by Gasteiger charge is 2.38. The number of aromatic nitrogens is 1. The number of hydrogen-bond acceptors (Lipinski definition) is 7. The van der Waals surface area contributed by atoms with E-state index in [9.17, 15) is 9.59 Å². The molecule has 1 atom stereocenters. The van der Waals surface area contributed by atoms with E-state index < -0.39 is 23.6 Å². The molecule has 1 unspecified atom stereocenters. The molecule has 0 aliphatic carbocycles. The van der Waals surface area contributed by atoms with Crippen LogP contribution in [0.1, 0.15) is 44.3 Å². The van der Waals surface area contributed by atoms with Crippen LogP contribution in [0.3, 0.4) is 0 Å². The minimum atomic E-state index is -0.761. The molecule has 0 radical (unpaired) electrons. The Hall–Kier alpha value is -1.51. The van der Waals surface area contributed by atoms with Crippen LogP contribution < -0.4 is 5.32 Å². The van der Waals surface area contributed by atoms with Crippen molar-refractivity contribution in [3.8, 4) is 0 Å². The van der Waals surface area contributed by atoms with Gasteiger partial charge in [-0.1, -0.05) is 11.3 Å². The number of rotatable bonds is 3. The summed E-state index contributed by atoms with van der Waals surface area (Å²) in [5, 5.41) is 2.80. The smallest absolute Gasteiger partial charge is 0.413 e. The van der Waals surface area contributed by atoms with E-state index in [1.165, 1.54) is 6.20 Å². The zero-order chi connectivity index (χ0) is 16.5. The highest BCUT2D eigenvalue weighted by molar-refractivity contribution is 7.17. The molecule has 8 heteroatoms. The number of carbonyl (C=O) groups is 2. The maximum atomic E-state index is 12.3. The first-order valence-corrected chi connectivity index (χ1v) is 7.69. The number of Topliss-reactive ketones (excluding diaryl/α,β-unsaturated/α-hetero) is 1. The second-order valence-electron chi connectivity index (χ2n) is 6.34. The van der Waals surface area contributed by atoms with Gasteiger partial charge in [0, 0.05) is 0 Å².